The van der Waals surface area contributed by atoms with Crippen LogP contribution in [-0.4, -0.2) is 43.4 Å². The van der Waals surface area contributed by atoms with E-state index in [0.717, 1.165) is 0 Å². The number of nitrogens with one attached hydrogen (secondary N) is 1. The number of sulfone groups is 1. The maximum absolute atomic E-state index is 12.1. The molecule has 104 valence electrons. The molecule has 1 fully saturated rings. The number of carbonyl (C=O) groups is 1. The number of urea groups is 1. The number of hydrogen-bond donors (Lipinski definition) is 2. The van der Waals surface area contributed by atoms with Crippen molar-refractivity contribution >= 4 is 27.2 Å². The van der Waals surface area contributed by atoms with E-state index in [0.29, 0.717) is 11.4 Å². The van der Waals surface area contributed by atoms with Crippen molar-refractivity contribution in [1.29, 1.82) is 0 Å². The van der Waals surface area contributed by atoms with Crippen LogP contribution in [0.3, 0.4) is 0 Å². The Hall–Kier alpha value is -1.76. The third-order valence-electron chi connectivity index (χ3n) is 3.07. The van der Waals surface area contributed by atoms with Gasteiger partial charge in [-0.2, -0.15) is 0 Å². The summed E-state index contributed by atoms with van der Waals surface area (Å²) < 4.78 is 22.9. The van der Waals surface area contributed by atoms with Gasteiger partial charge in [0.2, 0.25) is 0 Å². The lowest BCUT2D eigenvalue weighted by Gasteiger charge is -2.33. The smallest absolute Gasteiger partial charge is 0.322 e. The fraction of sp³-hybridized carbons (Fsp3) is 0.417. The van der Waals surface area contributed by atoms with Gasteiger partial charge in [-0.15, -0.1) is 0 Å². The molecule has 1 unspecified atom stereocenters. The molecule has 0 bridgehead atoms. The lowest BCUT2D eigenvalue weighted by molar-refractivity contribution is 0.199. The highest BCUT2D eigenvalue weighted by atomic mass is 32.2. The van der Waals surface area contributed by atoms with Crippen molar-refractivity contribution in [2.24, 2.45) is 0 Å². The van der Waals surface area contributed by atoms with Crippen LogP contribution in [-0.2, 0) is 9.84 Å². The molecule has 0 aromatic heterocycles. The summed E-state index contributed by atoms with van der Waals surface area (Å²) in [5, 5.41) is 2.72. The summed E-state index contributed by atoms with van der Waals surface area (Å²) >= 11 is 0. The second kappa shape index (κ2) is 5.08. The fourth-order valence-electron chi connectivity index (χ4n) is 2.11. The Kier molecular flexibility index (Phi) is 3.66. The number of anilines is 2. The number of nitrogen functional groups attached to an aromatic ring is 1. The van der Waals surface area contributed by atoms with Crippen molar-refractivity contribution in [3.63, 3.8) is 0 Å². The van der Waals surface area contributed by atoms with Crippen LogP contribution in [0.15, 0.2) is 24.3 Å². The Balaban J connectivity index is 2.05. The molecule has 1 aliphatic heterocycles. The average Bonchev–Trinajstić information content (AvgIpc) is 2.27. The van der Waals surface area contributed by atoms with E-state index in [1.165, 1.54) is 4.90 Å². The van der Waals surface area contributed by atoms with Crippen LogP contribution in [0.2, 0.25) is 0 Å². The Labute approximate surface area is 112 Å². The molecule has 6 nitrogen and oxygen atoms in total. The van der Waals surface area contributed by atoms with Crippen LogP contribution >= 0.6 is 0 Å². The van der Waals surface area contributed by atoms with Crippen LogP contribution < -0.4 is 11.1 Å². The van der Waals surface area contributed by atoms with Crippen molar-refractivity contribution in [2.75, 3.05) is 29.1 Å². The first-order valence-electron chi connectivity index (χ1n) is 6.01. The molecule has 19 heavy (non-hydrogen) atoms. The van der Waals surface area contributed by atoms with Gasteiger partial charge in [-0.05, 0) is 25.1 Å². The van der Waals surface area contributed by atoms with Gasteiger partial charge in [0.1, 0.15) is 0 Å². The van der Waals surface area contributed by atoms with Crippen molar-refractivity contribution < 1.29 is 13.2 Å². The first-order chi connectivity index (χ1) is 8.87. The standard InChI is InChI=1S/C12H17N3O3S/c1-9-8-19(17,18)6-5-15(9)12(16)14-11-4-2-3-10(13)7-11/h2-4,7,9H,5-6,8,13H2,1H3,(H,14,16). The van der Waals surface area contributed by atoms with Gasteiger partial charge in [-0.25, -0.2) is 13.2 Å². The number of benzene rings is 1. The second-order valence-electron chi connectivity index (χ2n) is 4.71. The van der Waals surface area contributed by atoms with E-state index in [1.807, 2.05) is 0 Å². The lowest BCUT2D eigenvalue weighted by Crippen LogP contribution is -2.51. The molecule has 7 heteroatoms. The van der Waals surface area contributed by atoms with E-state index < -0.39 is 9.84 Å². The normalized spacial score (nSPS) is 21.9. The van der Waals surface area contributed by atoms with Gasteiger partial charge in [-0.1, -0.05) is 6.07 Å². The van der Waals surface area contributed by atoms with Crippen molar-refractivity contribution in [2.45, 2.75) is 13.0 Å². The molecule has 0 radical (unpaired) electrons. The highest BCUT2D eigenvalue weighted by Gasteiger charge is 2.31. The maximum atomic E-state index is 12.1. The summed E-state index contributed by atoms with van der Waals surface area (Å²) in [6, 6.07) is 6.25. The van der Waals surface area contributed by atoms with Crippen LogP contribution in [0.4, 0.5) is 16.2 Å². The third kappa shape index (κ3) is 3.37. The summed E-state index contributed by atoms with van der Waals surface area (Å²) in [7, 11) is -3.02. The molecule has 0 aliphatic carbocycles. The third-order valence-corrected chi connectivity index (χ3v) is 4.86. The molecule has 1 aromatic carbocycles. The van der Waals surface area contributed by atoms with Crippen LogP contribution in [0.1, 0.15) is 6.92 Å². The molecule has 1 aliphatic rings. The Bertz CT molecular complexity index is 586. The summed E-state index contributed by atoms with van der Waals surface area (Å²) in [6.45, 7) is 1.95. The Morgan fingerprint density at radius 2 is 2.21 bits per heavy atom. The Morgan fingerprint density at radius 1 is 1.47 bits per heavy atom. The first kappa shape index (κ1) is 13.7. The van der Waals surface area contributed by atoms with Gasteiger partial charge in [-0.3, -0.25) is 0 Å². The SMILES string of the molecule is CC1CS(=O)(=O)CCN1C(=O)Nc1cccc(N)c1. The predicted octanol–water partition coefficient (Wildman–Crippen LogP) is 0.920. The number of carbonyl (C=O) groups excluding carboxylic acids is 1. The first-order valence-corrected chi connectivity index (χ1v) is 7.83. The van der Waals surface area contributed by atoms with Crippen molar-refractivity contribution in [3.8, 4) is 0 Å². The van der Waals surface area contributed by atoms with Crippen LogP contribution in [0.25, 0.3) is 0 Å². The van der Waals surface area contributed by atoms with E-state index in [4.69, 9.17) is 5.73 Å². The van der Waals surface area contributed by atoms with Gasteiger partial charge in [0.25, 0.3) is 0 Å². The second-order valence-corrected chi connectivity index (χ2v) is 6.94. The molecule has 1 heterocycles. The number of nitrogens with zero attached hydrogens (tertiary/aromatic N) is 1. The molecular formula is C12H17N3O3S. The summed E-state index contributed by atoms with van der Waals surface area (Å²) in [6.07, 6.45) is 0. The largest absolute Gasteiger partial charge is 0.399 e. The Morgan fingerprint density at radius 3 is 2.84 bits per heavy atom. The van der Waals surface area contributed by atoms with Crippen LogP contribution in [0.5, 0.6) is 0 Å². The predicted molar refractivity (Wildman–Crippen MR) is 74.7 cm³/mol. The molecular weight excluding hydrogens is 266 g/mol. The number of nitrogens with two attached hydrogens (primary N) is 1. The molecule has 1 aromatic rings. The van der Waals surface area contributed by atoms with Gasteiger partial charge in [0.05, 0.1) is 11.5 Å². The van der Waals surface area contributed by atoms with Gasteiger partial charge in [0.15, 0.2) is 9.84 Å². The minimum atomic E-state index is -3.02. The van der Waals surface area contributed by atoms with Crippen molar-refractivity contribution in [1.82, 2.24) is 4.90 Å². The number of amides is 2. The van der Waals surface area contributed by atoms with E-state index in [1.54, 1.807) is 31.2 Å². The molecule has 1 saturated heterocycles. The molecule has 2 amide bonds. The maximum Gasteiger partial charge on any atom is 0.322 e. The lowest BCUT2D eigenvalue weighted by atomic mass is 10.3. The number of rotatable bonds is 1. The topological polar surface area (TPSA) is 92.5 Å². The summed E-state index contributed by atoms with van der Waals surface area (Å²) in [5.74, 6) is 0.0268. The molecule has 2 rings (SSSR count). The zero-order chi connectivity index (χ0) is 14.0. The summed E-state index contributed by atoms with van der Waals surface area (Å²) in [4.78, 5) is 13.6. The van der Waals surface area contributed by atoms with E-state index in [-0.39, 0.29) is 30.1 Å². The minimum Gasteiger partial charge on any atom is -0.399 e. The zero-order valence-corrected chi connectivity index (χ0v) is 11.5. The fourth-order valence-corrected chi connectivity index (χ4v) is 3.67. The summed E-state index contributed by atoms with van der Waals surface area (Å²) in [5.41, 5.74) is 6.80. The van der Waals surface area contributed by atoms with Crippen LogP contribution in [0, 0.1) is 0 Å². The monoisotopic (exact) mass is 283 g/mol. The highest BCUT2D eigenvalue weighted by Crippen LogP contribution is 2.16. The molecule has 3 N–H and O–H groups in total. The van der Waals surface area contributed by atoms with Crippen molar-refractivity contribution in [3.05, 3.63) is 24.3 Å². The van der Waals surface area contributed by atoms with Gasteiger partial charge in [0, 0.05) is 24.0 Å². The van der Waals surface area contributed by atoms with E-state index in [9.17, 15) is 13.2 Å². The molecule has 0 spiro atoms. The minimum absolute atomic E-state index is 0.0113. The van der Waals surface area contributed by atoms with Gasteiger partial charge < -0.3 is 16.0 Å². The van der Waals surface area contributed by atoms with E-state index in [2.05, 4.69) is 5.32 Å². The zero-order valence-electron chi connectivity index (χ0n) is 10.7. The van der Waals surface area contributed by atoms with Gasteiger partial charge >= 0.3 is 6.03 Å². The average molecular weight is 283 g/mol. The molecule has 1 atom stereocenters. The highest BCUT2D eigenvalue weighted by molar-refractivity contribution is 7.91. The quantitative estimate of drug-likeness (QED) is 0.750. The molecule has 0 saturated carbocycles. The number of hydrogen-bond acceptors (Lipinski definition) is 4. The van der Waals surface area contributed by atoms with E-state index >= 15 is 0 Å².